The van der Waals surface area contributed by atoms with Crippen molar-refractivity contribution in [3.8, 4) is 0 Å². The first kappa shape index (κ1) is 24.0. The molecule has 36 heavy (non-hydrogen) atoms. The Morgan fingerprint density at radius 2 is 1.28 bits per heavy atom. The van der Waals surface area contributed by atoms with Crippen molar-refractivity contribution in [2.75, 3.05) is 10.6 Å². The van der Waals surface area contributed by atoms with E-state index in [1.54, 1.807) is 66.7 Å². The molecule has 178 valence electrons. The highest BCUT2D eigenvalue weighted by atomic mass is 16.6. The van der Waals surface area contributed by atoms with Gasteiger partial charge in [-0.15, -0.1) is 0 Å². The van der Waals surface area contributed by atoms with Crippen LogP contribution in [0.15, 0.2) is 97.1 Å². The number of hydrogen-bond donors (Lipinski definition) is 2. The van der Waals surface area contributed by atoms with Crippen molar-refractivity contribution in [1.82, 2.24) is 0 Å². The molecule has 2 amide bonds. The molecule has 2 N–H and O–H groups in total. The summed E-state index contributed by atoms with van der Waals surface area (Å²) in [5.74, 6) is -1.27. The molecular weight excluding hydrogens is 458 g/mol. The highest BCUT2D eigenvalue weighted by Crippen LogP contribution is 2.24. The van der Waals surface area contributed by atoms with Crippen LogP contribution in [0, 0.1) is 17.0 Å². The second kappa shape index (κ2) is 10.4. The lowest BCUT2D eigenvalue weighted by molar-refractivity contribution is -0.384. The van der Waals surface area contributed by atoms with Crippen LogP contribution in [0.3, 0.4) is 0 Å². The van der Waals surface area contributed by atoms with E-state index in [2.05, 4.69) is 10.6 Å². The lowest BCUT2D eigenvalue weighted by Gasteiger charge is -2.14. The Morgan fingerprint density at radius 3 is 1.97 bits per heavy atom. The molecule has 0 saturated carbocycles. The Hall–Kier alpha value is -5.11. The molecule has 0 aliphatic heterocycles. The minimum atomic E-state index is -0.552. The zero-order valence-corrected chi connectivity index (χ0v) is 19.2. The summed E-state index contributed by atoms with van der Waals surface area (Å²) in [4.78, 5) is 49.3. The highest BCUT2D eigenvalue weighted by Gasteiger charge is 2.19. The van der Waals surface area contributed by atoms with Gasteiger partial charge in [0, 0.05) is 28.8 Å². The van der Waals surface area contributed by atoms with Crippen molar-refractivity contribution in [1.29, 1.82) is 0 Å². The highest BCUT2D eigenvalue weighted by molar-refractivity contribution is 6.17. The molecule has 0 unspecified atom stereocenters. The number of benzene rings is 4. The Labute approximate surface area is 206 Å². The zero-order valence-electron chi connectivity index (χ0n) is 19.2. The number of non-ortho nitro benzene ring substituents is 1. The predicted molar refractivity (Wildman–Crippen MR) is 136 cm³/mol. The van der Waals surface area contributed by atoms with Crippen LogP contribution < -0.4 is 10.6 Å². The quantitative estimate of drug-likeness (QED) is 0.202. The fourth-order valence-electron chi connectivity index (χ4n) is 3.61. The van der Waals surface area contributed by atoms with Crippen LogP contribution in [-0.4, -0.2) is 22.5 Å². The van der Waals surface area contributed by atoms with Gasteiger partial charge in [0.25, 0.3) is 17.5 Å². The molecule has 0 atom stereocenters. The van der Waals surface area contributed by atoms with Crippen molar-refractivity contribution < 1.29 is 19.3 Å². The van der Waals surface area contributed by atoms with Crippen molar-refractivity contribution in [3.05, 3.63) is 135 Å². The number of carbonyl (C=O) groups excluding carboxylic acids is 3. The van der Waals surface area contributed by atoms with Gasteiger partial charge in [-0.05, 0) is 43.3 Å². The summed E-state index contributed by atoms with van der Waals surface area (Å²) in [6, 6.07) is 25.5. The standard InChI is InChI=1S/C28H21N3O5/c1-18-11-16-25(23(17-18)26(32)19-7-3-2-4-8-19)30-28(34)22-9-5-6-10-24(22)29-27(33)20-12-14-21(15-13-20)31(35)36/h2-17H,1H3,(H,29,33)(H,30,34). The molecule has 4 aromatic rings. The van der Waals surface area contributed by atoms with E-state index in [0.717, 1.165) is 5.56 Å². The van der Waals surface area contributed by atoms with Gasteiger partial charge in [0.05, 0.1) is 21.9 Å². The maximum absolute atomic E-state index is 13.2. The maximum atomic E-state index is 13.2. The molecule has 0 aliphatic rings. The van der Waals surface area contributed by atoms with E-state index in [-0.39, 0.29) is 28.3 Å². The Kier molecular flexibility index (Phi) is 6.97. The first-order valence-corrected chi connectivity index (χ1v) is 11.0. The third-order valence-corrected chi connectivity index (χ3v) is 5.46. The van der Waals surface area contributed by atoms with Crippen molar-refractivity contribution in [2.45, 2.75) is 6.92 Å². The van der Waals surface area contributed by atoms with Crippen LogP contribution in [0.1, 0.15) is 42.2 Å². The summed E-state index contributed by atoms with van der Waals surface area (Å²) in [7, 11) is 0. The second-order valence-electron chi connectivity index (χ2n) is 8.00. The minimum absolute atomic E-state index is 0.134. The Bertz CT molecular complexity index is 1460. The molecular formula is C28H21N3O5. The van der Waals surface area contributed by atoms with Crippen molar-refractivity contribution >= 4 is 34.7 Å². The van der Waals surface area contributed by atoms with Gasteiger partial charge in [-0.25, -0.2) is 0 Å². The summed E-state index contributed by atoms with van der Waals surface area (Å²) in [6.07, 6.45) is 0. The molecule has 0 aromatic heterocycles. The molecule has 0 radical (unpaired) electrons. The first-order chi connectivity index (χ1) is 17.3. The third-order valence-electron chi connectivity index (χ3n) is 5.46. The number of amides is 2. The number of rotatable bonds is 7. The Morgan fingerprint density at radius 1 is 0.667 bits per heavy atom. The number of carbonyl (C=O) groups is 3. The van der Waals surface area contributed by atoms with Gasteiger partial charge in [0.1, 0.15) is 0 Å². The van der Waals surface area contributed by atoms with Crippen LogP contribution in [0.2, 0.25) is 0 Å². The van der Waals surface area contributed by atoms with Crippen LogP contribution in [0.4, 0.5) is 17.1 Å². The predicted octanol–water partition coefficient (Wildman–Crippen LogP) is 5.64. The number of anilines is 2. The lowest BCUT2D eigenvalue weighted by atomic mass is 9.99. The summed E-state index contributed by atoms with van der Waals surface area (Å²) >= 11 is 0. The van der Waals surface area contributed by atoms with E-state index < -0.39 is 16.7 Å². The van der Waals surface area contributed by atoms with Crippen molar-refractivity contribution in [3.63, 3.8) is 0 Å². The summed E-state index contributed by atoms with van der Waals surface area (Å²) in [5, 5.41) is 16.3. The summed E-state index contributed by atoms with van der Waals surface area (Å²) in [6.45, 7) is 1.86. The molecule has 0 bridgehead atoms. The number of nitrogens with zero attached hydrogens (tertiary/aromatic N) is 1. The number of para-hydroxylation sites is 1. The molecule has 0 aliphatic carbocycles. The number of aryl methyl sites for hydroxylation is 1. The molecule has 8 heteroatoms. The van der Waals surface area contributed by atoms with E-state index >= 15 is 0 Å². The number of hydrogen-bond acceptors (Lipinski definition) is 5. The second-order valence-corrected chi connectivity index (χ2v) is 8.00. The van der Waals surface area contributed by atoms with Crippen LogP contribution in [0.5, 0.6) is 0 Å². The first-order valence-electron chi connectivity index (χ1n) is 11.0. The molecule has 4 aromatic carbocycles. The average molecular weight is 479 g/mol. The van der Waals surface area contributed by atoms with E-state index in [1.165, 1.54) is 24.3 Å². The molecule has 4 rings (SSSR count). The van der Waals surface area contributed by atoms with E-state index in [0.29, 0.717) is 16.8 Å². The van der Waals surface area contributed by atoms with E-state index in [9.17, 15) is 24.5 Å². The number of ketones is 1. The molecule has 8 nitrogen and oxygen atoms in total. The van der Waals surface area contributed by atoms with Gasteiger partial charge >= 0.3 is 0 Å². The number of nitro groups is 1. The van der Waals surface area contributed by atoms with Crippen molar-refractivity contribution in [2.24, 2.45) is 0 Å². The summed E-state index contributed by atoms with van der Waals surface area (Å²) < 4.78 is 0. The fraction of sp³-hybridized carbons (Fsp3) is 0.0357. The minimum Gasteiger partial charge on any atom is -0.321 e. The lowest BCUT2D eigenvalue weighted by Crippen LogP contribution is -2.19. The van der Waals surface area contributed by atoms with E-state index in [1.807, 2.05) is 13.0 Å². The molecule has 0 spiro atoms. The normalized spacial score (nSPS) is 10.4. The van der Waals surface area contributed by atoms with Gasteiger partial charge in [0.15, 0.2) is 5.78 Å². The maximum Gasteiger partial charge on any atom is 0.269 e. The number of nitro benzene ring substituents is 1. The molecule has 0 heterocycles. The zero-order chi connectivity index (χ0) is 25.7. The number of nitrogens with one attached hydrogen (secondary N) is 2. The fourth-order valence-corrected chi connectivity index (χ4v) is 3.61. The van der Waals surface area contributed by atoms with Gasteiger partial charge in [-0.3, -0.25) is 24.5 Å². The van der Waals surface area contributed by atoms with E-state index in [4.69, 9.17) is 0 Å². The SMILES string of the molecule is Cc1ccc(NC(=O)c2ccccc2NC(=O)c2ccc([N+](=O)[O-])cc2)c(C(=O)c2ccccc2)c1. The largest absolute Gasteiger partial charge is 0.321 e. The smallest absolute Gasteiger partial charge is 0.269 e. The van der Waals surface area contributed by atoms with Gasteiger partial charge in [-0.2, -0.15) is 0 Å². The Balaban J connectivity index is 1.58. The van der Waals surface area contributed by atoms with Gasteiger partial charge in [-0.1, -0.05) is 54.1 Å². The van der Waals surface area contributed by atoms with Crippen LogP contribution in [0.25, 0.3) is 0 Å². The molecule has 0 saturated heterocycles. The van der Waals surface area contributed by atoms with Gasteiger partial charge < -0.3 is 10.6 Å². The topological polar surface area (TPSA) is 118 Å². The van der Waals surface area contributed by atoms with Gasteiger partial charge in [0.2, 0.25) is 0 Å². The van der Waals surface area contributed by atoms with Crippen LogP contribution >= 0.6 is 0 Å². The molecule has 0 fully saturated rings. The third kappa shape index (κ3) is 5.34. The monoisotopic (exact) mass is 479 g/mol. The summed E-state index contributed by atoms with van der Waals surface area (Å²) in [5.41, 5.74) is 2.55. The average Bonchev–Trinajstić information content (AvgIpc) is 2.90. The van der Waals surface area contributed by atoms with Crippen LogP contribution in [-0.2, 0) is 0 Å².